The first-order valence-electron chi connectivity index (χ1n) is 14.4. The lowest BCUT2D eigenvalue weighted by molar-refractivity contribution is -0.686. The second-order valence-electron chi connectivity index (χ2n) is 10.7. The van der Waals surface area contributed by atoms with Crippen molar-refractivity contribution in [3.8, 4) is 34.3 Å². The van der Waals surface area contributed by atoms with Crippen LogP contribution in [0.1, 0.15) is 35.2 Å². The Morgan fingerprint density at radius 3 is 2.69 bits per heavy atom. The molecule has 214 valence electrons. The Morgan fingerprint density at radius 1 is 0.976 bits per heavy atom. The second-order valence-corrected chi connectivity index (χ2v) is 10.7. The number of unbranched alkanes of at least 4 members (excludes halogenated alkanes) is 2. The van der Waals surface area contributed by atoms with Crippen LogP contribution in [0.15, 0.2) is 67.0 Å². The topological polar surface area (TPSA) is 72.0 Å². The third kappa shape index (κ3) is 4.57. The van der Waals surface area contributed by atoms with Crippen LogP contribution in [-0.2, 0) is 24.2 Å². The zero-order valence-corrected chi connectivity index (χ0v) is 23.9. The van der Waals surface area contributed by atoms with Gasteiger partial charge in [-0.25, -0.2) is 4.79 Å². The van der Waals surface area contributed by atoms with Gasteiger partial charge in [0.05, 0.1) is 37.3 Å². The summed E-state index contributed by atoms with van der Waals surface area (Å²) in [6.45, 7) is 2.56. The largest absolute Gasteiger partial charge is 0.493 e. The van der Waals surface area contributed by atoms with Crippen LogP contribution < -0.4 is 23.5 Å². The molecule has 0 saturated heterocycles. The summed E-state index contributed by atoms with van der Waals surface area (Å²) in [5.74, 6) is 2.84. The number of pyridine rings is 1. The molecule has 3 aromatic carbocycles. The average Bonchev–Trinajstić information content (AvgIpc) is 3.64. The minimum absolute atomic E-state index is 0.274. The van der Waals surface area contributed by atoms with Gasteiger partial charge in [0.25, 0.3) is 0 Å². The van der Waals surface area contributed by atoms with Crippen molar-refractivity contribution in [2.45, 2.75) is 38.8 Å². The van der Waals surface area contributed by atoms with Crippen LogP contribution in [0, 0.1) is 0 Å². The maximum Gasteiger partial charge on any atom is 0.340 e. The molecule has 5 aromatic rings. The first-order chi connectivity index (χ1) is 20.6. The Kier molecular flexibility index (Phi) is 6.82. The standard InChI is InChI=1S/C34H33N2O6/c1-38-30-11-10-22-16-29-25-18-32-31(41-21-42-32)17-23(25)12-14-36(29)19-26(22)33(30)40-15-7-3-6-13-35-20-27(34(37)39-2)24-8-4-5-9-28(24)35/h4-5,8-11,16-20H,3,6-7,12-15,21H2,1-2H3/q+1. The van der Waals surface area contributed by atoms with Crippen molar-refractivity contribution >= 4 is 27.6 Å². The van der Waals surface area contributed by atoms with Gasteiger partial charge in [-0.2, -0.15) is 4.57 Å². The van der Waals surface area contributed by atoms with Gasteiger partial charge in [0.2, 0.25) is 12.5 Å². The normalized spacial score (nSPS) is 13.2. The molecule has 2 aromatic heterocycles. The average molecular weight is 566 g/mol. The summed E-state index contributed by atoms with van der Waals surface area (Å²) in [7, 11) is 3.10. The Morgan fingerprint density at radius 2 is 1.83 bits per heavy atom. The highest BCUT2D eigenvalue weighted by Crippen LogP contribution is 2.41. The fourth-order valence-corrected chi connectivity index (χ4v) is 6.15. The molecule has 0 unspecified atom stereocenters. The number of methoxy groups -OCH3 is 2. The summed E-state index contributed by atoms with van der Waals surface area (Å²) < 4.78 is 32.8. The van der Waals surface area contributed by atoms with Crippen LogP contribution in [0.4, 0.5) is 0 Å². The molecule has 2 aliphatic rings. The van der Waals surface area contributed by atoms with Gasteiger partial charge in [0, 0.05) is 36.1 Å². The first-order valence-corrected chi connectivity index (χ1v) is 14.4. The fraction of sp³-hybridized carbons (Fsp3) is 0.294. The molecular formula is C34H33N2O6+. The molecular weight excluding hydrogens is 532 g/mol. The highest BCUT2D eigenvalue weighted by molar-refractivity contribution is 6.04. The minimum atomic E-state index is -0.307. The molecule has 8 nitrogen and oxygen atoms in total. The van der Waals surface area contributed by atoms with Crippen LogP contribution in [-0.4, -0.2) is 38.2 Å². The van der Waals surface area contributed by atoms with Gasteiger partial charge in [-0.15, -0.1) is 0 Å². The Balaban J connectivity index is 1.05. The van der Waals surface area contributed by atoms with Crippen LogP contribution in [0.3, 0.4) is 0 Å². The number of aromatic nitrogens is 2. The van der Waals surface area contributed by atoms with E-state index in [-0.39, 0.29) is 12.8 Å². The minimum Gasteiger partial charge on any atom is -0.493 e. The van der Waals surface area contributed by atoms with Crippen molar-refractivity contribution in [1.29, 1.82) is 0 Å². The predicted molar refractivity (Wildman–Crippen MR) is 159 cm³/mol. The van der Waals surface area contributed by atoms with E-state index in [1.807, 2.05) is 36.5 Å². The molecule has 8 heteroatoms. The monoisotopic (exact) mass is 565 g/mol. The van der Waals surface area contributed by atoms with Crippen molar-refractivity contribution in [1.82, 2.24) is 4.57 Å². The van der Waals surface area contributed by atoms with Crippen molar-refractivity contribution in [3.05, 3.63) is 78.1 Å². The smallest absolute Gasteiger partial charge is 0.340 e. The number of esters is 1. The Labute approximate surface area is 243 Å². The van der Waals surface area contributed by atoms with Gasteiger partial charge in [-0.05, 0) is 60.5 Å². The van der Waals surface area contributed by atoms with Gasteiger partial charge in [0.15, 0.2) is 35.7 Å². The number of fused-ring (bicyclic) bond motifs is 6. The highest BCUT2D eigenvalue weighted by Gasteiger charge is 2.28. The first kappa shape index (κ1) is 26.2. The van der Waals surface area contributed by atoms with Gasteiger partial charge >= 0.3 is 5.97 Å². The predicted octanol–water partition coefficient (Wildman–Crippen LogP) is 6.08. The van der Waals surface area contributed by atoms with Gasteiger partial charge < -0.3 is 28.3 Å². The number of ether oxygens (including phenoxy) is 5. The molecule has 4 heterocycles. The fourth-order valence-electron chi connectivity index (χ4n) is 6.15. The van der Waals surface area contributed by atoms with Crippen LogP contribution in [0.5, 0.6) is 23.0 Å². The molecule has 0 atom stereocenters. The lowest BCUT2D eigenvalue weighted by Crippen LogP contribution is -2.40. The second kappa shape index (κ2) is 10.9. The molecule has 0 spiro atoms. The highest BCUT2D eigenvalue weighted by atomic mass is 16.7. The summed E-state index contributed by atoms with van der Waals surface area (Å²) in [5.41, 5.74) is 5.27. The van der Waals surface area contributed by atoms with Crippen molar-refractivity contribution in [2.75, 3.05) is 27.6 Å². The lowest BCUT2D eigenvalue weighted by atomic mass is 9.95. The van der Waals surface area contributed by atoms with E-state index >= 15 is 0 Å². The summed E-state index contributed by atoms with van der Waals surface area (Å²) in [6.07, 6.45) is 7.88. The van der Waals surface area contributed by atoms with E-state index < -0.39 is 0 Å². The van der Waals surface area contributed by atoms with Gasteiger partial charge in [0.1, 0.15) is 0 Å². The summed E-state index contributed by atoms with van der Waals surface area (Å²) in [6, 6.07) is 18.5. The molecule has 0 aliphatic carbocycles. The zero-order valence-electron chi connectivity index (χ0n) is 23.9. The maximum atomic E-state index is 12.2. The van der Waals surface area contributed by atoms with E-state index in [4.69, 9.17) is 23.7 Å². The Bertz CT molecular complexity index is 1820. The number of carbonyl (C=O) groups is 1. The maximum absolute atomic E-state index is 12.2. The number of rotatable bonds is 9. The molecule has 0 radical (unpaired) electrons. The molecule has 2 aliphatic heterocycles. The van der Waals surface area contributed by atoms with E-state index in [1.165, 1.54) is 18.2 Å². The number of hydrogen-bond acceptors (Lipinski definition) is 6. The number of para-hydroxylation sites is 1. The third-order valence-corrected chi connectivity index (χ3v) is 8.28. The number of carbonyl (C=O) groups excluding carboxylic acids is 1. The number of aryl methyl sites for hydroxylation is 3. The van der Waals surface area contributed by atoms with E-state index in [0.29, 0.717) is 12.2 Å². The molecule has 42 heavy (non-hydrogen) atoms. The van der Waals surface area contributed by atoms with Crippen molar-refractivity contribution < 1.29 is 33.0 Å². The molecule has 7 rings (SSSR count). The lowest BCUT2D eigenvalue weighted by Gasteiger charge is -2.18. The molecule has 0 amide bonds. The Hall–Kier alpha value is -4.72. The number of benzene rings is 3. The quantitative estimate of drug-likeness (QED) is 0.123. The number of nitrogens with zero attached hydrogens (tertiary/aromatic N) is 2. The third-order valence-electron chi connectivity index (χ3n) is 8.28. The van der Waals surface area contributed by atoms with Crippen LogP contribution in [0.25, 0.3) is 32.9 Å². The van der Waals surface area contributed by atoms with E-state index in [1.54, 1.807) is 7.11 Å². The summed E-state index contributed by atoms with van der Waals surface area (Å²) >= 11 is 0. The SMILES string of the molecule is COC(=O)c1cn(CCCCCOc2c(OC)ccc3cc4[n+](cc23)CCc2cc3c(cc2-4)OCO3)c2ccccc12. The van der Waals surface area contributed by atoms with E-state index in [0.717, 1.165) is 89.1 Å². The summed E-state index contributed by atoms with van der Waals surface area (Å²) in [4.78, 5) is 12.2. The van der Waals surface area contributed by atoms with Gasteiger partial charge in [-0.3, -0.25) is 0 Å². The molecule has 0 fully saturated rings. The van der Waals surface area contributed by atoms with Crippen molar-refractivity contribution in [2.24, 2.45) is 0 Å². The zero-order chi connectivity index (χ0) is 28.6. The summed E-state index contributed by atoms with van der Waals surface area (Å²) in [5, 5.41) is 3.06. The van der Waals surface area contributed by atoms with E-state index in [2.05, 4.69) is 39.6 Å². The molecule has 0 N–H and O–H groups in total. The molecule has 0 saturated carbocycles. The molecule has 0 bridgehead atoms. The van der Waals surface area contributed by atoms with Gasteiger partial charge in [-0.1, -0.05) is 18.2 Å². The number of hydrogen-bond donors (Lipinski definition) is 0. The van der Waals surface area contributed by atoms with Crippen LogP contribution in [0.2, 0.25) is 0 Å². The van der Waals surface area contributed by atoms with Crippen molar-refractivity contribution in [3.63, 3.8) is 0 Å². The van der Waals surface area contributed by atoms with E-state index in [9.17, 15) is 4.79 Å². The van der Waals surface area contributed by atoms with Crippen LogP contribution >= 0.6 is 0 Å².